The Balaban J connectivity index is 3.11. The summed E-state index contributed by atoms with van der Waals surface area (Å²) >= 11 is 5.12. The normalized spacial score (nSPS) is 23.9. The molecule has 0 spiro atoms. The van der Waals surface area contributed by atoms with Crippen molar-refractivity contribution in [1.29, 1.82) is 0 Å². The molecule has 1 aliphatic carbocycles. The number of hydrogen-bond donors (Lipinski definition) is 0. The van der Waals surface area contributed by atoms with Gasteiger partial charge in [-0.1, -0.05) is 85.0 Å². The van der Waals surface area contributed by atoms with E-state index in [-0.39, 0.29) is 20.2 Å². The molecule has 19 heavy (non-hydrogen) atoms. The van der Waals surface area contributed by atoms with Crippen LogP contribution >= 0.6 is 53.1 Å². The van der Waals surface area contributed by atoms with E-state index in [0.29, 0.717) is 0 Å². The highest BCUT2D eigenvalue weighted by atomic mass is 127. The van der Waals surface area contributed by atoms with Crippen molar-refractivity contribution in [2.24, 2.45) is 5.92 Å². The van der Waals surface area contributed by atoms with E-state index in [2.05, 4.69) is 92.0 Å². The molecule has 0 amide bonds. The van der Waals surface area contributed by atoms with Crippen molar-refractivity contribution < 1.29 is 4.39 Å². The third kappa shape index (κ3) is 4.91. The molecule has 0 radical (unpaired) electrons. The Bertz CT molecular complexity index is 372. The van der Waals surface area contributed by atoms with Crippen molar-refractivity contribution in [2.75, 3.05) is 0 Å². The second-order valence-electron chi connectivity index (χ2n) is 6.17. The summed E-state index contributed by atoms with van der Waals surface area (Å²) in [6, 6.07) is 0. The van der Waals surface area contributed by atoms with Gasteiger partial charge in [0, 0.05) is 5.92 Å². The summed E-state index contributed by atoms with van der Waals surface area (Å²) in [4.78, 5) is 0. The average Bonchev–Trinajstić information content (AvgIpc) is 2.91. The van der Waals surface area contributed by atoms with Gasteiger partial charge in [0.05, 0.1) is 1.17 Å². The molecule has 4 heteroatoms. The number of allylic oxidation sites excluding steroid dienone is 4. The molecule has 0 nitrogen and oxygen atoms in total. The van der Waals surface area contributed by atoms with Gasteiger partial charge in [-0.15, -0.1) is 0 Å². The number of hydrogen-bond acceptors (Lipinski definition) is 0. The standard InChI is InChI=1S/C15H24FI2P/c1-7-8-13(12-9-11(12)10(2)16)19(14(3,4)5)15(6,17)18/h8-11H,7H2,1-6H3/b13-8+/t10?,11-,19+/m0/s1. The SMILES string of the molecule is CC/C=C(\C1=C[C@H]1C(C)F)[P@](C(C)(C)C)C(C)(I)I. The largest absolute Gasteiger partial charge is 0.247 e. The minimum absolute atomic E-state index is 0.0697. The Morgan fingerprint density at radius 3 is 2.21 bits per heavy atom. The van der Waals surface area contributed by atoms with E-state index in [9.17, 15) is 4.39 Å². The summed E-state index contributed by atoms with van der Waals surface area (Å²) in [5.74, 6) is 0.0697. The molecule has 1 aliphatic rings. The molecule has 3 atom stereocenters. The Morgan fingerprint density at radius 2 is 1.95 bits per heavy atom. The lowest BCUT2D eigenvalue weighted by Gasteiger charge is -2.40. The van der Waals surface area contributed by atoms with Crippen molar-refractivity contribution >= 4 is 53.1 Å². The number of rotatable bonds is 5. The molecule has 1 rings (SSSR count). The maximum Gasteiger partial charge on any atom is 0.108 e. The Morgan fingerprint density at radius 1 is 1.42 bits per heavy atom. The van der Waals surface area contributed by atoms with Gasteiger partial charge in [-0.2, -0.15) is 0 Å². The van der Waals surface area contributed by atoms with E-state index >= 15 is 0 Å². The fourth-order valence-corrected chi connectivity index (χ4v) is 11.5. The van der Waals surface area contributed by atoms with E-state index in [1.54, 1.807) is 6.92 Å². The average molecular weight is 508 g/mol. The van der Waals surface area contributed by atoms with E-state index in [0.717, 1.165) is 6.42 Å². The van der Waals surface area contributed by atoms with Gasteiger partial charge in [0.1, 0.15) is 6.17 Å². The van der Waals surface area contributed by atoms with Crippen molar-refractivity contribution in [1.82, 2.24) is 0 Å². The van der Waals surface area contributed by atoms with Crippen LogP contribution in [0.3, 0.4) is 0 Å². The molecule has 1 unspecified atom stereocenters. The van der Waals surface area contributed by atoms with Crippen LogP contribution in [0, 0.1) is 5.92 Å². The van der Waals surface area contributed by atoms with Gasteiger partial charge in [-0.05, 0) is 44.2 Å². The fraction of sp³-hybridized carbons (Fsp3) is 0.733. The van der Waals surface area contributed by atoms with Crippen molar-refractivity contribution in [3.05, 3.63) is 23.0 Å². The van der Waals surface area contributed by atoms with Crippen LogP contribution in [0.25, 0.3) is 0 Å². The molecule has 110 valence electrons. The summed E-state index contributed by atoms with van der Waals surface area (Å²) in [5.41, 5.74) is 1.28. The van der Waals surface area contributed by atoms with Gasteiger partial charge in [-0.3, -0.25) is 0 Å². The van der Waals surface area contributed by atoms with Gasteiger partial charge in [0.25, 0.3) is 0 Å². The predicted octanol–water partition coefficient (Wildman–Crippen LogP) is 7.02. The van der Waals surface area contributed by atoms with Gasteiger partial charge >= 0.3 is 0 Å². The van der Waals surface area contributed by atoms with Gasteiger partial charge < -0.3 is 0 Å². The van der Waals surface area contributed by atoms with E-state index < -0.39 is 6.17 Å². The Kier molecular flexibility index (Phi) is 6.37. The first-order chi connectivity index (χ1) is 8.50. The molecular formula is C15H24FI2P. The second-order valence-corrected chi connectivity index (χ2v) is 17.6. The zero-order chi connectivity index (χ0) is 15.0. The summed E-state index contributed by atoms with van der Waals surface area (Å²) < 4.78 is 13.7. The molecular weight excluding hydrogens is 484 g/mol. The predicted molar refractivity (Wildman–Crippen MR) is 104 cm³/mol. The minimum Gasteiger partial charge on any atom is -0.247 e. The first-order valence-electron chi connectivity index (χ1n) is 6.74. The number of alkyl halides is 3. The van der Waals surface area contributed by atoms with Crippen LogP contribution in [0.5, 0.6) is 0 Å². The van der Waals surface area contributed by atoms with Crippen molar-refractivity contribution in [3.8, 4) is 0 Å². The first-order valence-corrected chi connectivity index (χ1v) is 10.2. The van der Waals surface area contributed by atoms with Crippen LogP contribution in [0.1, 0.15) is 48.0 Å². The molecule has 0 N–H and O–H groups in total. The summed E-state index contributed by atoms with van der Waals surface area (Å²) in [6.07, 6.45) is 4.73. The van der Waals surface area contributed by atoms with Crippen LogP contribution in [-0.4, -0.2) is 12.5 Å². The quantitative estimate of drug-likeness (QED) is 0.213. The minimum atomic E-state index is -0.748. The molecule has 0 aromatic carbocycles. The highest BCUT2D eigenvalue weighted by Crippen LogP contribution is 2.73. The lowest BCUT2D eigenvalue weighted by Crippen LogP contribution is -2.22. The van der Waals surface area contributed by atoms with Gasteiger partial charge in [0.2, 0.25) is 0 Å². The zero-order valence-electron chi connectivity index (χ0n) is 12.6. The maximum atomic E-state index is 13.5. The summed E-state index contributed by atoms with van der Waals surface area (Å²) in [6.45, 7) is 13.1. The molecule has 0 saturated heterocycles. The van der Waals surface area contributed by atoms with Gasteiger partial charge in [0.15, 0.2) is 0 Å². The third-order valence-corrected chi connectivity index (χ3v) is 9.05. The lowest BCUT2D eigenvalue weighted by molar-refractivity contribution is 0.335. The Hall–Kier alpha value is 1.30. The van der Waals surface area contributed by atoms with Crippen LogP contribution in [0.15, 0.2) is 23.0 Å². The van der Waals surface area contributed by atoms with E-state index in [1.807, 2.05) is 0 Å². The summed E-state index contributed by atoms with van der Waals surface area (Å²) in [7, 11) is -0.341. The molecule has 0 aromatic heterocycles. The molecule has 0 heterocycles. The summed E-state index contributed by atoms with van der Waals surface area (Å²) in [5, 5.41) is 1.67. The highest BCUT2D eigenvalue weighted by Gasteiger charge is 2.45. The van der Waals surface area contributed by atoms with E-state index in [4.69, 9.17) is 0 Å². The van der Waals surface area contributed by atoms with Crippen LogP contribution in [0.2, 0.25) is 0 Å². The Labute approximate surface area is 146 Å². The van der Waals surface area contributed by atoms with Crippen LogP contribution < -0.4 is 0 Å². The maximum absolute atomic E-state index is 13.5. The molecule has 0 aromatic rings. The first kappa shape index (κ1) is 18.3. The van der Waals surface area contributed by atoms with E-state index in [1.165, 1.54) is 10.9 Å². The van der Waals surface area contributed by atoms with Crippen LogP contribution in [-0.2, 0) is 0 Å². The van der Waals surface area contributed by atoms with Crippen LogP contribution in [0.4, 0.5) is 4.39 Å². The fourth-order valence-electron chi connectivity index (χ4n) is 2.47. The van der Waals surface area contributed by atoms with Gasteiger partial charge in [-0.25, -0.2) is 4.39 Å². The smallest absolute Gasteiger partial charge is 0.108 e. The molecule has 0 aliphatic heterocycles. The third-order valence-electron chi connectivity index (χ3n) is 3.10. The van der Waals surface area contributed by atoms with Crippen molar-refractivity contribution in [2.45, 2.75) is 60.5 Å². The molecule has 0 bridgehead atoms. The monoisotopic (exact) mass is 508 g/mol. The number of halogens is 3. The zero-order valence-corrected chi connectivity index (χ0v) is 17.8. The highest BCUT2D eigenvalue weighted by molar-refractivity contribution is 14.2. The molecule has 0 fully saturated rings. The van der Waals surface area contributed by atoms with Crippen molar-refractivity contribution in [3.63, 3.8) is 0 Å². The second kappa shape index (κ2) is 6.60. The molecule has 0 saturated carbocycles. The lowest BCUT2D eigenvalue weighted by atomic mass is 10.2. The topological polar surface area (TPSA) is 0 Å².